The highest BCUT2D eigenvalue weighted by atomic mass is 35.5. The Hall–Kier alpha value is -1.30. The number of piperidine rings is 1. The minimum atomic E-state index is -0.606. The molecule has 2 aromatic carbocycles. The van der Waals surface area contributed by atoms with E-state index in [1.54, 1.807) is 6.07 Å². The van der Waals surface area contributed by atoms with Crippen LogP contribution in [-0.2, 0) is 6.61 Å². The van der Waals surface area contributed by atoms with Gasteiger partial charge in [0.2, 0.25) is 0 Å². The van der Waals surface area contributed by atoms with Gasteiger partial charge in [0.1, 0.15) is 24.0 Å². The van der Waals surface area contributed by atoms with E-state index in [-0.39, 0.29) is 6.61 Å². The van der Waals surface area contributed by atoms with E-state index in [4.69, 9.17) is 16.3 Å². The summed E-state index contributed by atoms with van der Waals surface area (Å²) in [6.07, 6.45) is 5.02. The van der Waals surface area contributed by atoms with Crippen LogP contribution in [0.2, 0.25) is 5.02 Å². The Morgan fingerprint density at radius 1 is 1.07 bits per heavy atom. The van der Waals surface area contributed by atoms with Crippen molar-refractivity contribution >= 4 is 23.4 Å². The minimum Gasteiger partial charge on any atom is -0.489 e. The molecule has 0 N–H and O–H groups in total. The van der Waals surface area contributed by atoms with E-state index < -0.39 is 11.6 Å². The molecule has 2 aromatic rings. The van der Waals surface area contributed by atoms with Gasteiger partial charge in [-0.1, -0.05) is 11.6 Å². The number of hydrogen-bond donors (Lipinski definition) is 0. The molecule has 0 saturated carbocycles. The van der Waals surface area contributed by atoms with Crippen molar-refractivity contribution in [1.29, 1.82) is 0 Å². The highest BCUT2D eigenvalue weighted by Gasteiger charge is 2.38. The van der Waals surface area contributed by atoms with E-state index in [1.165, 1.54) is 37.8 Å². The largest absolute Gasteiger partial charge is 0.489 e. The number of hydrogen-bond acceptors (Lipinski definition) is 3. The van der Waals surface area contributed by atoms with E-state index in [0.29, 0.717) is 33.7 Å². The predicted molar refractivity (Wildman–Crippen MR) is 106 cm³/mol. The summed E-state index contributed by atoms with van der Waals surface area (Å²) in [4.78, 5) is 3.60. The summed E-state index contributed by atoms with van der Waals surface area (Å²) in [7, 11) is 2.24. The molecule has 0 aliphatic carbocycles. The number of fused-ring (bicyclic) bond motifs is 2. The van der Waals surface area contributed by atoms with Crippen molar-refractivity contribution in [2.24, 2.45) is 0 Å². The van der Waals surface area contributed by atoms with Crippen LogP contribution in [-0.4, -0.2) is 29.3 Å². The summed E-state index contributed by atoms with van der Waals surface area (Å²) in [5, 5.41) is 1.26. The molecule has 2 bridgehead atoms. The predicted octanol–water partition coefficient (Wildman–Crippen LogP) is 5.91. The van der Waals surface area contributed by atoms with Crippen LogP contribution in [0.25, 0.3) is 0 Å². The smallest absolute Gasteiger partial charge is 0.126 e. The first-order chi connectivity index (χ1) is 13.0. The molecule has 0 amide bonds. The molecule has 2 aliphatic rings. The Bertz CT molecular complexity index is 800. The van der Waals surface area contributed by atoms with Gasteiger partial charge in [0, 0.05) is 28.3 Å². The van der Waals surface area contributed by atoms with Gasteiger partial charge in [0.25, 0.3) is 0 Å². The van der Waals surface area contributed by atoms with Crippen molar-refractivity contribution < 1.29 is 13.5 Å². The molecule has 2 heterocycles. The molecule has 2 unspecified atom stereocenters. The number of halogens is 3. The van der Waals surface area contributed by atoms with Crippen LogP contribution >= 0.6 is 23.4 Å². The van der Waals surface area contributed by atoms with Gasteiger partial charge in [-0.25, -0.2) is 8.78 Å². The van der Waals surface area contributed by atoms with Gasteiger partial charge >= 0.3 is 0 Å². The Morgan fingerprint density at radius 3 is 2.37 bits per heavy atom. The summed E-state index contributed by atoms with van der Waals surface area (Å²) in [6, 6.07) is 10.4. The van der Waals surface area contributed by atoms with Gasteiger partial charge in [-0.2, -0.15) is 0 Å². The standard InChI is InChI=1S/C21H22ClF2NOS/c1-25-16-2-3-17(25)10-19(9-16)27-21-5-4-18(11-20(21)22)26-12-13-6-14(23)8-15(24)7-13/h4-8,11,16-17,19H,2-3,9-10,12H2,1H3. The second-order valence-electron chi connectivity index (χ2n) is 7.42. The lowest BCUT2D eigenvalue weighted by atomic mass is 10.0. The topological polar surface area (TPSA) is 12.5 Å². The van der Waals surface area contributed by atoms with Crippen LogP contribution in [0.5, 0.6) is 5.75 Å². The summed E-state index contributed by atoms with van der Waals surface area (Å²) in [5.41, 5.74) is 0.448. The zero-order chi connectivity index (χ0) is 19.0. The fraction of sp³-hybridized carbons (Fsp3) is 0.429. The number of ether oxygens (including phenoxy) is 1. The zero-order valence-electron chi connectivity index (χ0n) is 15.1. The van der Waals surface area contributed by atoms with Crippen LogP contribution in [0.1, 0.15) is 31.2 Å². The minimum absolute atomic E-state index is 0.0931. The number of benzene rings is 2. The quantitative estimate of drug-likeness (QED) is 0.608. The molecule has 2 fully saturated rings. The lowest BCUT2D eigenvalue weighted by Crippen LogP contribution is -2.40. The maximum absolute atomic E-state index is 13.3. The molecule has 4 rings (SSSR count). The fourth-order valence-electron chi connectivity index (χ4n) is 4.17. The van der Waals surface area contributed by atoms with Crippen molar-refractivity contribution in [3.8, 4) is 5.75 Å². The first-order valence-electron chi connectivity index (χ1n) is 9.24. The van der Waals surface area contributed by atoms with Crippen LogP contribution in [0.3, 0.4) is 0 Å². The van der Waals surface area contributed by atoms with Gasteiger partial charge in [-0.3, -0.25) is 0 Å². The summed E-state index contributed by atoms with van der Waals surface area (Å²) >= 11 is 8.32. The lowest BCUT2D eigenvalue weighted by molar-refractivity contribution is 0.183. The van der Waals surface area contributed by atoms with E-state index in [0.717, 1.165) is 11.0 Å². The van der Waals surface area contributed by atoms with E-state index >= 15 is 0 Å². The van der Waals surface area contributed by atoms with Crippen LogP contribution in [0.4, 0.5) is 8.78 Å². The molecule has 0 aromatic heterocycles. The van der Waals surface area contributed by atoms with E-state index in [1.807, 2.05) is 23.9 Å². The van der Waals surface area contributed by atoms with Crippen LogP contribution < -0.4 is 4.74 Å². The summed E-state index contributed by atoms with van der Waals surface area (Å²) in [6.45, 7) is 0.0931. The second-order valence-corrected chi connectivity index (χ2v) is 9.17. The first kappa shape index (κ1) is 19.0. The van der Waals surface area contributed by atoms with E-state index in [9.17, 15) is 8.78 Å². The second kappa shape index (κ2) is 7.98. The average Bonchev–Trinajstić information content (AvgIpc) is 2.82. The third kappa shape index (κ3) is 4.41. The van der Waals surface area contributed by atoms with Crippen molar-refractivity contribution in [2.75, 3.05) is 7.05 Å². The first-order valence-corrected chi connectivity index (χ1v) is 10.5. The summed E-state index contributed by atoms with van der Waals surface area (Å²) in [5.74, 6) is -0.617. The molecule has 2 nitrogen and oxygen atoms in total. The SMILES string of the molecule is CN1C2CCC1CC(Sc1ccc(OCc3cc(F)cc(F)c3)cc1Cl)C2. The maximum atomic E-state index is 13.3. The van der Waals surface area contributed by atoms with Gasteiger partial charge in [0.05, 0.1) is 5.02 Å². The van der Waals surface area contributed by atoms with Crippen molar-refractivity contribution in [3.05, 3.63) is 58.6 Å². The normalized spacial score (nSPS) is 25.0. The monoisotopic (exact) mass is 409 g/mol. The maximum Gasteiger partial charge on any atom is 0.126 e. The van der Waals surface area contributed by atoms with Gasteiger partial charge < -0.3 is 9.64 Å². The number of thioether (sulfide) groups is 1. The van der Waals surface area contributed by atoms with Gasteiger partial charge in [0.15, 0.2) is 0 Å². The van der Waals surface area contributed by atoms with E-state index in [2.05, 4.69) is 11.9 Å². The fourth-order valence-corrected chi connectivity index (χ4v) is 5.78. The molecule has 27 heavy (non-hydrogen) atoms. The Morgan fingerprint density at radius 2 is 1.74 bits per heavy atom. The molecule has 0 radical (unpaired) electrons. The average molecular weight is 410 g/mol. The molecule has 0 spiro atoms. The molecule has 2 saturated heterocycles. The molecule has 2 aliphatic heterocycles. The third-order valence-electron chi connectivity index (χ3n) is 5.58. The molecular formula is C21H22ClF2NOS. The van der Waals surface area contributed by atoms with Crippen molar-refractivity contribution in [3.63, 3.8) is 0 Å². The molecular weight excluding hydrogens is 388 g/mol. The van der Waals surface area contributed by atoms with Crippen LogP contribution in [0, 0.1) is 11.6 Å². The Kier molecular flexibility index (Phi) is 5.62. The Labute approximate surface area is 167 Å². The lowest BCUT2D eigenvalue weighted by Gasteiger charge is -2.36. The third-order valence-corrected chi connectivity index (χ3v) is 7.33. The van der Waals surface area contributed by atoms with Crippen molar-refractivity contribution in [1.82, 2.24) is 4.90 Å². The number of nitrogens with zero attached hydrogens (tertiary/aromatic N) is 1. The van der Waals surface area contributed by atoms with Gasteiger partial charge in [-0.05, 0) is 68.6 Å². The Balaban J connectivity index is 1.38. The molecule has 144 valence electrons. The zero-order valence-corrected chi connectivity index (χ0v) is 16.7. The molecule has 2 atom stereocenters. The van der Waals surface area contributed by atoms with Crippen molar-refractivity contribution in [2.45, 2.75) is 54.5 Å². The van der Waals surface area contributed by atoms with Gasteiger partial charge in [-0.15, -0.1) is 11.8 Å². The van der Waals surface area contributed by atoms with Crippen LogP contribution in [0.15, 0.2) is 41.3 Å². The summed E-state index contributed by atoms with van der Waals surface area (Å²) < 4.78 is 32.2. The highest BCUT2D eigenvalue weighted by molar-refractivity contribution is 8.00. The number of rotatable bonds is 5. The highest BCUT2D eigenvalue weighted by Crippen LogP contribution is 2.43. The molecule has 6 heteroatoms.